The molecule has 0 heterocycles. The lowest BCUT2D eigenvalue weighted by Crippen LogP contribution is -2.29. The maximum absolute atomic E-state index is 11.6. The maximum Gasteiger partial charge on any atom is 0.319 e. The number of carbonyl (C=O) groups is 2. The molecule has 0 fully saturated rings. The number of nitro groups is 1. The summed E-state index contributed by atoms with van der Waals surface area (Å²) < 4.78 is 4.52. The Hall–Kier alpha value is -2.64. The van der Waals surface area contributed by atoms with Crippen molar-refractivity contribution in [2.75, 3.05) is 19.0 Å². The first-order valence-corrected chi connectivity index (χ1v) is 6.89. The smallest absolute Gasteiger partial charge is 0.319 e. The van der Waals surface area contributed by atoms with Crippen molar-refractivity contribution in [2.45, 2.75) is 25.7 Å². The highest BCUT2D eigenvalue weighted by Gasteiger charge is 2.07. The Morgan fingerprint density at radius 1 is 1.27 bits per heavy atom. The van der Waals surface area contributed by atoms with E-state index in [9.17, 15) is 19.7 Å². The number of nitro benzene ring substituents is 1. The number of carbonyl (C=O) groups excluding carboxylic acids is 2. The monoisotopic (exact) mass is 309 g/mol. The second-order valence-corrected chi connectivity index (χ2v) is 4.58. The van der Waals surface area contributed by atoms with Gasteiger partial charge in [0.2, 0.25) is 0 Å². The van der Waals surface area contributed by atoms with Crippen molar-refractivity contribution in [1.29, 1.82) is 0 Å². The van der Waals surface area contributed by atoms with Gasteiger partial charge in [-0.15, -0.1) is 0 Å². The Labute approximate surface area is 128 Å². The molecule has 0 unspecified atom stereocenters. The van der Waals surface area contributed by atoms with Crippen LogP contribution >= 0.6 is 0 Å². The van der Waals surface area contributed by atoms with Gasteiger partial charge < -0.3 is 15.4 Å². The second kappa shape index (κ2) is 9.32. The van der Waals surface area contributed by atoms with Crippen molar-refractivity contribution < 1.29 is 19.2 Å². The van der Waals surface area contributed by atoms with Crippen molar-refractivity contribution in [1.82, 2.24) is 5.32 Å². The molecule has 2 N–H and O–H groups in total. The van der Waals surface area contributed by atoms with E-state index in [0.717, 1.165) is 12.8 Å². The van der Waals surface area contributed by atoms with E-state index in [-0.39, 0.29) is 11.7 Å². The van der Waals surface area contributed by atoms with Gasteiger partial charge in [0.25, 0.3) is 5.69 Å². The maximum atomic E-state index is 11.6. The highest BCUT2D eigenvalue weighted by Crippen LogP contribution is 2.16. The molecule has 120 valence electrons. The Morgan fingerprint density at radius 2 is 2.05 bits per heavy atom. The molecule has 0 spiro atoms. The molecule has 0 atom stereocenters. The summed E-state index contributed by atoms with van der Waals surface area (Å²) >= 11 is 0. The van der Waals surface area contributed by atoms with Crippen LogP contribution in [0.3, 0.4) is 0 Å². The van der Waals surface area contributed by atoms with Crippen LogP contribution in [0.2, 0.25) is 0 Å². The molecule has 1 aromatic rings. The zero-order valence-corrected chi connectivity index (χ0v) is 12.3. The Balaban J connectivity index is 2.22. The van der Waals surface area contributed by atoms with E-state index in [0.29, 0.717) is 25.1 Å². The van der Waals surface area contributed by atoms with Crippen molar-refractivity contribution in [3.05, 3.63) is 34.4 Å². The third kappa shape index (κ3) is 6.69. The minimum atomic E-state index is -0.523. The van der Waals surface area contributed by atoms with Gasteiger partial charge in [-0.25, -0.2) is 4.79 Å². The number of urea groups is 1. The fourth-order valence-corrected chi connectivity index (χ4v) is 1.75. The van der Waals surface area contributed by atoms with E-state index in [4.69, 9.17) is 0 Å². The van der Waals surface area contributed by atoms with Crippen molar-refractivity contribution in [3.8, 4) is 0 Å². The van der Waals surface area contributed by atoms with Crippen LogP contribution in [0.25, 0.3) is 0 Å². The third-order valence-electron chi connectivity index (χ3n) is 2.89. The van der Waals surface area contributed by atoms with Gasteiger partial charge in [0, 0.05) is 30.8 Å². The summed E-state index contributed by atoms with van der Waals surface area (Å²) in [6.07, 6.45) is 2.61. The summed E-state index contributed by atoms with van der Waals surface area (Å²) in [6.45, 7) is 0.460. The first-order chi connectivity index (χ1) is 10.5. The normalized spacial score (nSPS) is 9.86. The molecule has 8 heteroatoms. The number of esters is 1. The summed E-state index contributed by atoms with van der Waals surface area (Å²) in [5, 5.41) is 15.8. The van der Waals surface area contributed by atoms with Crippen LogP contribution in [0.1, 0.15) is 25.7 Å². The van der Waals surface area contributed by atoms with Crippen LogP contribution in [0.5, 0.6) is 0 Å². The number of amides is 2. The summed E-state index contributed by atoms with van der Waals surface area (Å²) in [6, 6.07) is 5.29. The number of nitrogens with zero attached hydrogens (tertiary/aromatic N) is 1. The molecule has 0 aliphatic rings. The molecule has 2 amide bonds. The zero-order chi connectivity index (χ0) is 16.4. The van der Waals surface area contributed by atoms with Gasteiger partial charge in [0.05, 0.1) is 12.0 Å². The number of anilines is 1. The quantitative estimate of drug-likeness (QED) is 0.331. The van der Waals surface area contributed by atoms with Crippen LogP contribution in [-0.2, 0) is 9.53 Å². The van der Waals surface area contributed by atoms with Crippen LogP contribution in [0.4, 0.5) is 16.2 Å². The van der Waals surface area contributed by atoms with E-state index < -0.39 is 11.0 Å². The predicted molar refractivity (Wildman–Crippen MR) is 80.6 cm³/mol. The molecular formula is C14H19N3O5. The average Bonchev–Trinajstić information content (AvgIpc) is 2.50. The van der Waals surface area contributed by atoms with Gasteiger partial charge in [0.1, 0.15) is 0 Å². The minimum absolute atomic E-state index is 0.0828. The van der Waals surface area contributed by atoms with Gasteiger partial charge in [-0.05, 0) is 18.9 Å². The lowest BCUT2D eigenvalue weighted by atomic mass is 10.2. The molecule has 0 saturated carbocycles. The average molecular weight is 309 g/mol. The topological polar surface area (TPSA) is 111 Å². The summed E-state index contributed by atoms with van der Waals surface area (Å²) in [5.74, 6) is -0.239. The minimum Gasteiger partial charge on any atom is -0.469 e. The second-order valence-electron chi connectivity index (χ2n) is 4.58. The highest BCUT2D eigenvalue weighted by molar-refractivity contribution is 5.89. The van der Waals surface area contributed by atoms with Crippen LogP contribution in [0, 0.1) is 10.1 Å². The van der Waals surface area contributed by atoms with Gasteiger partial charge in [-0.2, -0.15) is 0 Å². The first-order valence-electron chi connectivity index (χ1n) is 6.89. The number of nitrogens with one attached hydrogen (secondary N) is 2. The van der Waals surface area contributed by atoms with Crippen LogP contribution in [-0.4, -0.2) is 30.6 Å². The molecule has 0 aliphatic carbocycles. The lowest BCUT2D eigenvalue weighted by molar-refractivity contribution is -0.384. The molecule has 0 radical (unpaired) electrons. The summed E-state index contributed by atoms with van der Waals surface area (Å²) in [4.78, 5) is 32.6. The molecule has 8 nitrogen and oxygen atoms in total. The number of non-ortho nitro benzene ring substituents is 1. The molecule has 0 aromatic heterocycles. The molecule has 0 aliphatic heterocycles. The third-order valence-corrected chi connectivity index (χ3v) is 2.89. The highest BCUT2D eigenvalue weighted by atomic mass is 16.6. The lowest BCUT2D eigenvalue weighted by Gasteiger charge is -2.07. The summed E-state index contributed by atoms with van der Waals surface area (Å²) in [5.41, 5.74) is 0.276. The Bertz CT molecular complexity index is 533. The van der Waals surface area contributed by atoms with Gasteiger partial charge in [0.15, 0.2) is 0 Å². The first kappa shape index (κ1) is 17.4. The van der Waals surface area contributed by atoms with E-state index in [2.05, 4.69) is 15.4 Å². The van der Waals surface area contributed by atoms with Gasteiger partial charge >= 0.3 is 12.0 Å². The largest absolute Gasteiger partial charge is 0.469 e. The van der Waals surface area contributed by atoms with Gasteiger partial charge in [-0.1, -0.05) is 12.5 Å². The molecule has 1 aromatic carbocycles. The van der Waals surface area contributed by atoms with E-state index >= 15 is 0 Å². The number of ether oxygens (including phenoxy) is 1. The van der Waals surface area contributed by atoms with Gasteiger partial charge in [-0.3, -0.25) is 14.9 Å². The number of methoxy groups -OCH3 is 1. The number of unbranched alkanes of at least 4 members (excludes halogenated alkanes) is 2. The molecule has 0 bridgehead atoms. The SMILES string of the molecule is COC(=O)CCCCCNC(=O)Nc1cccc([N+](=O)[O-])c1. The number of benzene rings is 1. The van der Waals surface area contributed by atoms with Crippen molar-refractivity contribution >= 4 is 23.4 Å². The fourth-order valence-electron chi connectivity index (χ4n) is 1.75. The number of hydrogen-bond acceptors (Lipinski definition) is 5. The number of rotatable bonds is 8. The van der Waals surface area contributed by atoms with Crippen LogP contribution in [0.15, 0.2) is 24.3 Å². The summed E-state index contributed by atoms with van der Waals surface area (Å²) in [7, 11) is 1.35. The van der Waals surface area contributed by atoms with Crippen LogP contribution < -0.4 is 10.6 Å². The number of hydrogen-bond donors (Lipinski definition) is 2. The van der Waals surface area contributed by atoms with E-state index in [1.807, 2.05) is 0 Å². The fraction of sp³-hybridized carbons (Fsp3) is 0.429. The predicted octanol–water partition coefficient (Wildman–Crippen LogP) is 2.45. The molecular weight excluding hydrogens is 290 g/mol. The molecule has 0 saturated heterocycles. The van der Waals surface area contributed by atoms with Crippen molar-refractivity contribution in [3.63, 3.8) is 0 Å². The van der Waals surface area contributed by atoms with E-state index in [1.54, 1.807) is 6.07 Å². The zero-order valence-electron chi connectivity index (χ0n) is 12.3. The van der Waals surface area contributed by atoms with Crippen molar-refractivity contribution in [2.24, 2.45) is 0 Å². The molecule has 22 heavy (non-hydrogen) atoms. The Kier molecular flexibility index (Phi) is 7.38. The standard InChI is InChI=1S/C14H19N3O5/c1-22-13(18)8-3-2-4-9-15-14(19)16-11-6-5-7-12(10-11)17(20)21/h5-7,10H,2-4,8-9H2,1H3,(H2,15,16,19). The Morgan fingerprint density at radius 3 is 2.73 bits per heavy atom. The van der Waals surface area contributed by atoms with E-state index in [1.165, 1.54) is 25.3 Å². The molecule has 1 rings (SSSR count).